The first-order valence-corrected chi connectivity index (χ1v) is 7.43. The summed E-state index contributed by atoms with van der Waals surface area (Å²) in [6.07, 6.45) is 2.14. The van der Waals surface area contributed by atoms with Gasteiger partial charge in [-0.3, -0.25) is 9.69 Å². The lowest BCUT2D eigenvalue weighted by molar-refractivity contribution is -0.117. The first kappa shape index (κ1) is 15.0. The minimum absolute atomic E-state index is 0.0483. The molecule has 1 unspecified atom stereocenters. The lowest BCUT2D eigenvalue weighted by Crippen LogP contribution is -2.45. The first-order chi connectivity index (χ1) is 9.56. The maximum atomic E-state index is 12.2. The number of carbonyl (C=O) groups is 1. The van der Waals surface area contributed by atoms with Crippen molar-refractivity contribution in [1.29, 1.82) is 0 Å². The largest absolute Gasteiger partial charge is 0.327 e. The van der Waals surface area contributed by atoms with E-state index in [-0.39, 0.29) is 11.9 Å². The van der Waals surface area contributed by atoms with E-state index in [0.29, 0.717) is 12.5 Å². The van der Waals surface area contributed by atoms with Gasteiger partial charge in [-0.2, -0.15) is 0 Å². The lowest BCUT2D eigenvalue weighted by Gasteiger charge is -2.30. The quantitative estimate of drug-likeness (QED) is 0.885. The van der Waals surface area contributed by atoms with Crippen molar-refractivity contribution in [1.82, 2.24) is 4.90 Å². The number of benzene rings is 1. The zero-order valence-electron chi connectivity index (χ0n) is 12.4. The molecule has 1 saturated heterocycles. The summed E-state index contributed by atoms with van der Waals surface area (Å²) in [7, 11) is 0. The van der Waals surface area contributed by atoms with E-state index in [2.05, 4.69) is 30.1 Å². The highest BCUT2D eigenvalue weighted by Gasteiger charge is 2.19. The molecule has 1 aromatic rings. The third kappa shape index (κ3) is 4.05. The van der Waals surface area contributed by atoms with E-state index in [1.165, 1.54) is 5.56 Å². The highest BCUT2D eigenvalue weighted by molar-refractivity contribution is 5.93. The third-order valence-electron chi connectivity index (χ3n) is 3.77. The van der Waals surface area contributed by atoms with E-state index >= 15 is 0 Å². The number of hydrogen-bond donors (Lipinski definition) is 2. The summed E-state index contributed by atoms with van der Waals surface area (Å²) in [5.74, 6) is 0.446. The number of carbonyl (C=O) groups excluding carboxylic acids is 1. The van der Waals surface area contributed by atoms with Gasteiger partial charge < -0.3 is 11.1 Å². The summed E-state index contributed by atoms with van der Waals surface area (Å²) >= 11 is 0. The molecule has 0 bridgehead atoms. The highest BCUT2D eigenvalue weighted by Crippen LogP contribution is 2.23. The predicted octanol–water partition coefficient (Wildman–Crippen LogP) is 2.17. The number of nitrogens with two attached hydrogens (primary N) is 1. The Morgan fingerprint density at radius 2 is 2.20 bits per heavy atom. The first-order valence-electron chi connectivity index (χ1n) is 7.43. The fraction of sp³-hybridized carbons (Fsp3) is 0.562. The van der Waals surface area contributed by atoms with Gasteiger partial charge in [-0.15, -0.1) is 0 Å². The van der Waals surface area contributed by atoms with Crippen molar-refractivity contribution in [3.05, 3.63) is 29.8 Å². The number of piperidine rings is 1. The molecule has 0 aliphatic carbocycles. The number of rotatable bonds is 4. The van der Waals surface area contributed by atoms with Crippen LogP contribution in [0.1, 0.15) is 38.2 Å². The number of likely N-dealkylation sites (tertiary alicyclic amines) is 1. The predicted molar refractivity (Wildman–Crippen MR) is 82.8 cm³/mol. The Bertz CT molecular complexity index is 459. The zero-order chi connectivity index (χ0) is 14.5. The van der Waals surface area contributed by atoms with E-state index in [4.69, 9.17) is 5.73 Å². The van der Waals surface area contributed by atoms with Gasteiger partial charge in [0.25, 0.3) is 0 Å². The fourth-order valence-electron chi connectivity index (χ4n) is 2.74. The molecule has 1 fully saturated rings. The molecule has 1 aromatic carbocycles. The van der Waals surface area contributed by atoms with Crippen LogP contribution in [-0.4, -0.2) is 36.5 Å². The van der Waals surface area contributed by atoms with E-state index < -0.39 is 0 Å². The summed E-state index contributed by atoms with van der Waals surface area (Å²) < 4.78 is 0. The molecule has 0 spiro atoms. The maximum Gasteiger partial charge on any atom is 0.238 e. The van der Waals surface area contributed by atoms with Crippen molar-refractivity contribution in [2.24, 2.45) is 5.73 Å². The molecular weight excluding hydrogens is 250 g/mol. The molecule has 20 heavy (non-hydrogen) atoms. The second-order valence-corrected chi connectivity index (χ2v) is 5.93. The summed E-state index contributed by atoms with van der Waals surface area (Å²) in [6, 6.07) is 8.21. The number of para-hydroxylation sites is 1. The molecule has 1 aliphatic heterocycles. The van der Waals surface area contributed by atoms with Gasteiger partial charge in [0.2, 0.25) is 5.91 Å². The van der Waals surface area contributed by atoms with Gasteiger partial charge in [0.1, 0.15) is 0 Å². The Kier molecular flexibility index (Phi) is 5.15. The summed E-state index contributed by atoms with van der Waals surface area (Å²) in [6.45, 7) is 6.48. The van der Waals surface area contributed by atoms with E-state index in [9.17, 15) is 4.79 Å². The van der Waals surface area contributed by atoms with Gasteiger partial charge in [-0.1, -0.05) is 32.0 Å². The summed E-state index contributed by atoms with van der Waals surface area (Å²) in [5, 5.41) is 3.03. The van der Waals surface area contributed by atoms with Crippen LogP contribution in [0, 0.1) is 0 Å². The van der Waals surface area contributed by atoms with Gasteiger partial charge in [0.05, 0.1) is 6.54 Å². The number of hydrogen-bond acceptors (Lipinski definition) is 3. The van der Waals surface area contributed by atoms with Crippen LogP contribution in [0.25, 0.3) is 0 Å². The van der Waals surface area contributed by atoms with Crippen LogP contribution in [0.4, 0.5) is 5.69 Å². The average Bonchev–Trinajstić information content (AvgIpc) is 2.38. The Labute approximate surface area is 121 Å². The Morgan fingerprint density at radius 3 is 2.90 bits per heavy atom. The second kappa shape index (κ2) is 6.86. The lowest BCUT2D eigenvalue weighted by atomic mass is 10.0. The van der Waals surface area contributed by atoms with Gasteiger partial charge in [-0.05, 0) is 36.9 Å². The van der Waals surface area contributed by atoms with E-state index in [0.717, 1.165) is 31.6 Å². The molecule has 1 atom stereocenters. The Morgan fingerprint density at radius 1 is 1.45 bits per heavy atom. The number of anilines is 1. The SMILES string of the molecule is CC(C)c1ccccc1NC(=O)CN1CCCC(N)C1. The molecule has 4 heteroatoms. The van der Waals surface area contributed by atoms with Crippen molar-refractivity contribution >= 4 is 11.6 Å². The van der Waals surface area contributed by atoms with Crippen LogP contribution in [0.3, 0.4) is 0 Å². The van der Waals surface area contributed by atoms with Crippen molar-refractivity contribution in [3.63, 3.8) is 0 Å². The molecule has 1 heterocycles. The highest BCUT2D eigenvalue weighted by atomic mass is 16.2. The molecule has 2 rings (SSSR count). The second-order valence-electron chi connectivity index (χ2n) is 5.93. The van der Waals surface area contributed by atoms with Gasteiger partial charge in [-0.25, -0.2) is 0 Å². The van der Waals surface area contributed by atoms with Gasteiger partial charge >= 0.3 is 0 Å². The number of nitrogens with zero attached hydrogens (tertiary/aromatic N) is 1. The number of nitrogens with one attached hydrogen (secondary N) is 1. The molecule has 110 valence electrons. The van der Waals surface area contributed by atoms with Crippen LogP contribution in [0.15, 0.2) is 24.3 Å². The molecule has 3 N–H and O–H groups in total. The van der Waals surface area contributed by atoms with Crippen molar-refractivity contribution in [3.8, 4) is 0 Å². The monoisotopic (exact) mass is 275 g/mol. The third-order valence-corrected chi connectivity index (χ3v) is 3.77. The van der Waals surface area contributed by atoms with Crippen LogP contribution >= 0.6 is 0 Å². The number of amides is 1. The average molecular weight is 275 g/mol. The van der Waals surface area contributed by atoms with E-state index in [1.54, 1.807) is 0 Å². The normalized spacial score (nSPS) is 20.1. The molecule has 1 amide bonds. The van der Waals surface area contributed by atoms with Crippen LogP contribution in [0.2, 0.25) is 0 Å². The van der Waals surface area contributed by atoms with Crippen molar-refractivity contribution in [2.75, 3.05) is 25.0 Å². The van der Waals surface area contributed by atoms with Crippen molar-refractivity contribution in [2.45, 2.75) is 38.6 Å². The Balaban J connectivity index is 1.94. The van der Waals surface area contributed by atoms with Crippen LogP contribution in [0.5, 0.6) is 0 Å². The van der Waals surface area contributed by atoms with Crippen LogP contribution in [-0.2, 0) is 4.79 Å². The molecule has 1 aliphatic rings. The smallest absolute Gasteiger partial charge is 0.238 e. The summed E-state index contributed by atoms with van der Waals surface area (Å²) in [5.41, 5.74) is 8.05. The molecule has 0 aromatic heterocycles. The minimum Gasteiger partial charge on any atom is -0.327 e. The summed E-state index contributed by atoms with van der Waals surface area (Å²) in [4.78, 5) is 14.3. The zero-order valence-corrected chi connectivity index (χ0v) is 12.4. The molecular formula is C16H25N3O. The van der Waals surface area contributed by atoms with Gasteiger partial charge in [0, 0.05) is 18.3 Å². The molecule has 0 saturated carbocycles. The minimum atomic E-state index is 0.0483. The van der Waals surface area contributed by atoms with Crippen molar-refractivity contribution < 1.29 is 4.79 Å². The topological polar surface area (TPSA) is 58.4 Å². The van der Waals surface area contributed by atoms with Crippen LogP contribution < -0.4 is 11.1 Å². The Hall–Kier alpha value is -1.39. The fourth-order valence-corrected chi connectivity index (χ4v) is 2.74. The maximum absolute atomic E-state index is 12.2. The molecule has 4 nitrogen and oxygen atoms in total. The molecule has 0 radical (unpaired) electrons. The van der Waals surface area contributed by atoms with Gasteiger partial charge in [0.15, 0.2) is 0 Å². The standard InChI is InChI=1S/C16H25N3O/c1-12(2)14-7-3-4-8-15(14)18-16(20)11-19-9-5-6-13(17)10-19/h3-4,7-8,12-13H,5-6,9-11,17H2,1-2H3,(H,18,20). The van der Waals surface area contributed by atoms with E-state index in [1.807, 2.05) is 18.2 Å².